The summed E-state index contributed by atoms with van der Waals surface area (Å²) in [4.78, 5) is 20.8. The Morgan fingerprint density at radius 1 is 1.32 bits per heavy atom. The average molecular weight is 455 g/mol. The van der Waals surface area contributed by atoms with E-state index >= 15 is 0 Å². The number of H-pyrrole nitrogens is 1. The Balaban J connectivity index is 0.00000312. The van der Waals surface area contributed by atoms with Crippen molar-refractivity contribution in [3.8, 4) is 0 Å². The number of carbonyl (C=O) groups excluding carboxylic acids is 1. The van der Waals surface area contributed by atoms with Gasteiger partial charge in [-0.15, -0.1) is 30.6 Å². The standard InChI is InChI=1S/C18H25N5O.HI/c1-4-10-19-18(22-13-17(24)23(2)3)20-11-9-14-12-21-16-8-6-5-7-15(14)16;/h4-8,12,21H,1,9-11,13H2,2-3H3,(H2,19,20,22);1H. The maximum Gasteiger partial charge on any atom is 0.243 e. The minimum Gasteiger partial charge on any atom is -0.361 e. The number of nitrogens with one attached hydrogen (secondary N) is 3. The van der Waals surface area contributed by atoms with Crippen LogP contribution in [0.4, 0.5) is 0 Å². The van der Waals surface area contributed by atoms with E-state index in [0.29, 0.717) is 12.5 Å². The summed E-state index contributed by atoms with van der Waals surface area (Å²) in [6, 6.07) is 8.24. The number of carbonyl (C=O) groups is 1. The minimum absolute atomic E-state index is 0. The second kappa shape index (κ2) is 10.8. The number of guanidine groups is 1. The topological polar surface area (TPSA) is 72.5 Å². The van der Waals surface area contributed by atoms with Crippen molar-refractivity contribution in [1.29, 1.82) is 0 Å². The molecule has 7 heteroatoms. The second-order valence-electron chi connectivity index (χ2n) is 5.66. The summed E-state index contributed by atoms with van der Waals surface area (Å²) in [6.07, 6.45) is 4.65. The van der Waals surface area contributed by atoms with Crippen LogP contribution in [0.15, 0.2) is 48.1 Å². The molecule has 0 bridgehead atoms. The van der Waals surface area contributed by atoms with E-state index in [2.05, 4.69) is 39.3 Å². The zero-order chi connectivity index (χ0) is 17.4. The Kier molecular flexibility index (Phi) is 9.04. The van der Waals surface area contributed by atoms with Crippen molar-refractivity contribution in [2.75, 3.05) is 33.7 Å². The van der Waals surface area contributed by atoms with Gasteiger partial charge in [0.25, 0.3) is 0 Å². The number of benzene rings is 1. The highest BCUT2D eigenvalue weighted by Crippen LogP contribution is 2.17. The van der Waals surface area contributed by atoms with Crippen LogP contribution in [-0.4, -0.2) is 55.5 Å². The molecule has 0 atom stereocenters. The number of amides is 1. The van der Waals surface area contributed by atoms with Gasteiger partial charge in [-0.25, -0.2) is 4.99 Å². The van der Waals surface area contributed by atoms with Crippen molar-refractivity contribution in [3.63, 3.8) is 0 Å². The third kappa shape index (κ3) is 6.41. The molecule has 3 N–H and O–H groups in total. The number of fused-ring (bicyclic) bond motifs is 1. The molecule has 2 rings (SSSR count). The summed E-state index contributed by atoms with van der Waals surface area (Å²) >= 11 is 0. The van der Waals surface area contributed by atoms with E-state index in [1.807, 2.05) is 18.3 Å². The molecule has 0 saturated carbocycles. The number of hydrogen-bond donors (Lipinski definition) is 3. The molecule has 0 saturated heterocycles. The normalized spacial score (nSPS) is 10.9. The first-order valence-corrected chi connectivity index (χ1v) is 8.00. The van der Waals surface area contributed by atoms with E-state index in [0.717, 1.165) is 18.5 Å². The van der Waals surface area contributed by atoms with Crippen LogP contribution in [-0.2, 0) is 11.2 Å². The lowest BCUT2D eigenvalue weighted by molar-refractivity contribution is -0.127. The molecular weight excluding hydrogens is 429 g/mol. The number of aliphatic imine (C=N–C) groups is 1. The minimum atomic E-state index is -0.0358. The number of rotatable bonds is 7. The van der Waals surface area contributed by atoms with Gasteiger partial charge in [0.15, 0.2) is 5.96 Å². The van der Waals surface area contributed by atoms with Gasteiger partial charge in [-0.3, -0.25) is 4.79 Å². The first-order valence-electron chi connectivity index (χ1n) is 8.00. The fourth-order valence-electron chi connectivity index (χ4n) is 2.29. The highest BCUT2D eigenvalue weighted by molar-refractivity contribution is 14.0. The molecule has 0 fully saturated rings. The Morgan fingerprint density at radius 2 is 2.08 bits per heavy atom. The van der Waals surface area contributed by atoms with E-state index in [-0.39, 0.29) is 36.4 Å². The largest absolute Gasteiger partial charge is 0.361 e. The number of likely N-dealkylation sites (N-methyl/N-ethyl adjacent to an activating group) is 1. The monoisotopic (exact) mass is 455 g/mol. The van der Waals surface area contributed by atoms with Gasteiger partial charge >= 0.3 is 0 Å². The third-order valence-corrected chi connectivity index (χ3v) is 3.65. The van der Waals surface area contributed by atoms with Crippen molar-refractivity contribution < 1.29 is 4.79 Å². The van der Waals surface area contributed by atoms with E-state index in [1.54, 1.807) is 20.2 Å². The highest BCUT2D eigenvalue weighted by atomic mass is 127. The van der Waals surface area contributed by atoms with Crippen molar-refractivity contribution in [2.24, 2.45) is 4.99 Å². The molecule has 0 aliphatic carbocycles. The Morgan fingerprint density at radius 3 is 2.80 bits per heavy atom. The summed E-state index contributed by atoms with van der Waals surface area (Å²) in [7, 11) is 3.44. The number of aromatic amines is 1. The van der Waals surface area contributed by atoms with Crippen LogP contribution in [0, 0.1) is 0 Å². The Hall–Kier alpha value is -2.03. The van der Waals surface area contributed by atoms with Gasteiger partial charge in [-0.1, -0.05) is 24.3 Å². The summed E-state index contributed by atoms with van der Waals surface area (Å²) in [5.41, 5.74) is 2.40. The van der Waals surface area contributed by atoms with Crippen LogP contribution >= 0.6 is 24.0 Å². The molecule has 2 aromatic rings. The molecule has 1 aromatic carbocycles. The van der Waals surface area contributed by atoms with Gasteiger partial charge in [0, 0.05) is 44.3 Å². The van der Waals surface area contributed by atoms with Crippen LogP contribution in [0.1, 0.15) is 5.56 Å². The zero-order valence-corrected chi connectivity index (χ0v) is 17.0. The molecule has 1 heterocycles. The van der Waals surface area contributed by atoms with Gasteiger partial charge < -0.3 is 20.5 Å². The van der Waals surface area contributed by atoms with Gasteiger partial charge in [-0.05, 0) is 18.1 Å². The van der Waals surface area contributed by atoms with Gasteiger partial charge in [0.05, 0.1) is 0 Å². The summed E-state index contributed by atoms with van der Waals surface area (Å²) in [6.45, 7) is 5.12. The van der Waals surface area contributed by atoms with Gasteiger partial charge in [0.2, 0.25) is 5.91 Å². The fraction of sp³-hybridized carbons (Fsp3) is 0.333. The number of nitrogens with zero attached hydrogens (tertiary/aromatic N) is 2. The molecule has 0 spiro atoms. The second-order valence-corrected chi connectivity index (χ2v) is 5.66. The van der Waals surface area contributed by atoms with E-state index in [9.17, 15) is 4.79 Å². The lowest BCUT2D eigenvalue weighted by Crippen LogP contribution is -2.39. The molecule has 0 unspecified atom stereocenters. The number of para-hydroxylation sites is 1. The average Bonchev–Trinajstić information content (AvgIpc) is 2.99. The van der Waals surface area contributed by atoms with Crippen molar-refractivity contribution >= 4 is 46.7 Å². The summed E-state index contributed by atoms with van der Waals surface area (Å²) in [5, 5.41) is 7.62. The maximum absolute atomic E-state index is 11.7. The third-order valence-electron chi connectivity index (χ3n) is 3.65. The van der Waals surface area contributed by atoms with Crippen LogP contribution in [0.25, 0.3) is 10.9 Å². The molecular formula is C18H26IN5O. The number of halogens is 1. The molecule has 0 aliphatic heterocycles. The Bertz CT molecular complexity index is 723. The van der Waals surface area contributed by atoms with Crippen LogP contribution in [0.2, 0.25) is 0 Å². The summed E-state index contributed by atoms with van der Waals surface area (Å²) in [5.74, 6) is 0.580. The molecule has 0 aliphatic rings. The predicted octanol–water partition coefficient (Wildman–Crippen LogP) is 2.14. The molecule has 1 aromatic heterocycles. The quantitative estimate of drug-likeness (QED) is 0.259. The number of aromatic nitrogens is 1. The molecule has 0 radical (unpaired) electrons. The van der Waals surface area contributed by atoms with Crippen LogP contribution in [0.5, 0.6) is 0 Å². The van der Waals surface area contributed by atoms with Crippen molar-refractivity contribution in [3.05, 3.63) is 48.7 Å². The van der Waals surface area contributed by atoms with Crippen molar-refractivity contribution in [2.45, 2.75) is 6.42 Å². The van der Waals surface area contributed by atoms with Crippen LogP contribution in [0.3, 0.4) is 0 Å². The molecule has 136 valence electrons. The van der Waals surface area contributed by atoms with Crippen LogP contribution < -0.4 is 10.6 Å². The smallest absolute Gasteiger partial charge is 0.243 e. The zero-order valence-electron chi connectivity index (χ0n) is 14.7. The number of hydrogen-bond acceptors (Lipinski definition) is 2. The highest BCUT2D eigenvalue weighted by Gasteiger charge is 2.05. The molecule has 25 heavy (non-hydrogen) atoms. The maximum atomic E-state index is 11.7. The lowest BCUT2D eigenvalue weighted by Gasteiger charge is -2.12. The molecule has 6 nitrogen and oxygen atoms in total. The van der Waals surface area contributed by atoms with Gasteiger partial charge in [0.1, 0.15) is 6.54 Å². The molecule has 1 amide bonds. The van der Waals surface area contributed by atoms with Gasteiger partial charge in [-0.2, -0.15) is 0 Å². The van der Waals surface area contributed by atoms with E-state index in [4.69, 9.17) is 0 Å². The van der Waals surface area contributed by atoms with E-state index in [1.165, 1.54) is 15.8 Å². The summed E-state index contributed by atoms with van der Waals surface area (Å²) < 4.78 is 0. The lowest BCUT2D eigenvalue weighted by atomic mass is 10.1. The SMILES string of the molecule is C=CCNC(=NCC(=O)N(C)C)NCCc1c[nH]c2ccccc12.I. The Labute approximate surface area is 165 Å². The predicted molar refractivity (Wildman–Crippen MR) is 115 cm³/mol. The first kappa shape index (κ1) is 21.0. The first-order chi connectivity index (χ1) is 11.6. The van der Waals surface area contributed by atoms with E-state index < -0.39 is 0 Å². The van der Waals surface area contributed by atoms with Crippen molar-refractivity contribution in [1.82, 2.24) is 20.5 Å². The fourth-order valence-corrected chi connectivity index (χ4v) is 2.29.